The summed E-state index contributed by atoms with van der Waals surface area (Å²) in [5, 5.41) is 0. The van der Waals surface area contributed by atoms with E-state index in [0.29, 0.717) is 12.4 Å². The number of ether oxygens (including phenoxy) is 1. The zero-order valence-electron chi connectivity index (χ0n) is 13.4. The molecule has 0 saturated heterocycles. The molecule has 0 atom stereocenters. The molecule has 4 heteroatoms. The first kappa shape index (κ1) is 17.7. The van der Waals surface area contributed by atoms with Gasteiger partial charge in [-0.25, -0.2) is 0 Å². The molecule has 0 saturated carbocycles. The molecule has 0 amide bonds. The molecule has 0 spiro atoms. The molecule has 0 radical (unpaired) electrons. The Balaban J connectivity index is 3.22. The molecule has 1 aromatic rings. The molecule has 114 valence electrons. The third-order valence-corrected chi connectivity index (χ3v) is 20.8. The van der Waals surface area contributed by atoms with Gasteiger partial charge in [0.25, 0.3) is 0 Å². The summed E-state index contributed by atoms with van der Waals surface area (Å²) in [5.41, 5.74) is -0.569. The van der Waals surface area contributed by atoms with Gasteiger partial charge < -0.3 is 0 Å². The fourth-order valence-corrected chi connectivity index (χ4v) is 19.5. The van der Waals surface area contributed by atoms with E-state index in [2.05, 4.69) is 20.8 Å². The van der Waals surface area contributed by atoms with Crippen LogP contribution in [0.1, 0.15) is 53.4 Å². The van der Waals surface area contributed by atoms with Crippen molar-refractivity contribution in [2.45, 2.75) is 66.7 Å². The van der Waals surface area contributed by atoms with Crippen LogP contribution in [0.3, 0.4) is 0 Å². The molecule has 0 aliphatic heterocycles. The van der Waals surface area contributed by atoms with Crippen LogP contribution in [0.5, 0.6) is 5.75 Å². The second kappa shape index (κ2) is 8.20. The second-order valence-electron chi connectivity index (χ2n) is 5.74. The first-order valence-corrected chi connectivity index (χ1v) is 15.5. The van der Waals surface area contributed by atoms with Gasteiger partial charge in [0.1, 0.15) is 0 Å². The van der Waals surface area contributed by atoms with Crippen LogP contribution in [0.4, 0.5) is 0 Å². The van der Waals surface area contributed by atoms with Gasteiger partial charge >= 0.3 is 126 Å². The SMILES string of the molecule is CCCOc1[c]([Sn]([CH2]CC)([CH2]CC)[CH2]CC)c(=O)c1=O. The number of rotatable bonds is 10. The molecule has 3 nitrogen and oxygen atoms in total. The van der Waals surface area contributed by atoms with Crippen molar-refractivity contribution in [1.82, 2.24) is 0 Å². The van der Waals surface area contributed by atoms with E-state index in [-0.39, 0.29) is 10.9 Å². The van der Waals surface area contributed by atoms with E-state index in [9.17, 15) is 9.59 Å². The van der Waals surface area contributed by atoms with E-state index < -0.39 is 18.4 Å². The van der Waals surface area contributed by atoms with Crippen molar-refractivity contribution in [2.75, 3.05) is 6.61 Å². The molecule has 0 bridgehead atoms. The van der Waals surface area contributed by atoms with Gasteiger partial charge in [-0.3, -0.25) is 0 Å². The van der Waals surface area contributed by atoms with E-state index in [1.54, 1.807) is 0 Å². The summed E-state index contributed by atoms with van der Waals surface area (Å²) in [4.78, 5) is 24.0. The van der Waals surface area contributed by atoms with E-state index in [1.165, 1.54) is 13.3 Å². The van der Waals surface area contributed by atoms with Crippen molar-refractivity contribution in [3.05, 3.63) is 20.4 Å². The summed E-state index contributed by atoms with van der Waals surface area (Å²) < 4.78 is 10.0. The fourth-order valence-electron chi connectivity index (χ4n) is 3.38. The van der Waals surface area contributed by atoms with Crippen LogP contribution < -0.4 is 19.2 Å². The minimum atomic E-state index is -2.72. The Morgan fingerprint density at radius 1 is 0.800 bits per heavy atom. The van der Waals surface area contributed by atoms with Gasteiger partial charge in [0, 0.05) is 0 Å². The van der Waals surface area contributed by atoms with Crippen molar-refractivity contribution in [1.29, 1.82) is 0 Å². The Kier molecular flexibility index (Phi) is 7.27. The minimum absolute atomic E-state index is 0.206. The predicted octanol–water partition coefficient (Wildman–Crippen LogP) is 2.96. The van der Waals surface area contributed by atoms with Gasteiger partial charge in [0.2, 0.25) is 0 Å². The van der Waals surface area contributed by atoms with E-state index in [4.69, 9.17) is 4.74 Å². The van der Waals surface area contributed by atoms with Gasteiger partial charge in [-0.05, 0) is 0 Å². The molecule has 1 rings (SSSR count). The van der Waals surface area contributed by atoms with Crippen LogP contribution in [0, 0.1) is 0 Å². The predicted molar refractivity (Wildman–Crippen MR) is 87.8 cm³/mol. The summed E-state index contributed by atoms with van der Waals surface area (Å²) in [5.74, 6) is 0.461. The van der Waals surface area contributed by atoms with Crippen LogP contribution in [-0.2, 0) is 0 Å². The Labute approximate surface area is 126 Å². The first-order valence-electron chi connectivity index (χ1n) is 8.04. The van der Waals surface area contributed by atoms with Crippen LogP contribution >= 0.6 is 0 Å². The third kappa shape index (κ3) is 3.46. The van der Waals surface area contributed by atoms with Crippen molar-refractivity contribution in [3.8, 4) is 5.75 Å². The second-order valence-corrected chi connectivity index (χ2v) is 18.8. The van der Waals surface area contributed by atoms with Gasteiger partial charge in [0.15, 0.2) is 0 Å². The maximum atomic E-state index is 12.2. The van der Waals surface area contributed by atoms with Gasteiger partial charge in [0.05, 0.1) is 0 Å². The van der Waals surface area contributed by atoms with Crippen LogP contribution in [-0.4, -0.2) is 25.0 Å². The quantitative estimate of drug-likeness (QED) is 0.458. The van der Waals surface area contributed by atoms with Gasteiger partial charge in [-0.1, -0.05) is 0 Å². The van der Waals surface area contributed by atoms with Gasteiger partial charge in [-0.2, -0.15) is 0 Å². The van der Waals surface area contributed by atoms with Crippen LogP contribution in [0.2, 0.25) is 13.3 Å². The normalized spacial score (nSPS) is 12.0. The molecule has 0 fully saturated rings. The number of hydrogen-bond donors (Lipinski definition) is 0. The zero-order chi connectivity index (χ0) is 15.2. The molecule has 0 N–H and O–H groups in total. The summed E-state index contributed by atoms with van der Waals surface area (Å²) in [6.45, 7) is 9.13. The average molecular weight is 387 g/mol. The Morgan fingerprint density at radius 2 is 1.30 bits per heavy atom. The molecule has 0 heterocycles. The molecule has 0 aromatic heterocycles. The van der Waals surface area contributed by atoms with E-state index in [0.717, 1.165) is 29.3 Å². The fraction of sp³-hybridized carbons (Fsp3) is 0.750. The standard InChI is InChI=1S/C7H7O3.3C3H7.Sn/c1-2-3-10-6-4-5(8)7(6)9;3*1-3-2;/h2-3H2,1H3;3*1,3H2,2H3;. The van der Waals surface area contributed by atoms with Crippen molar-refractivity contribution >= 4 is 22.0 Å². The Morgan fingerprint density at radius 3 is 1.70 bits per heavy atom. The monoisotopic (exact) mass is 388 g/mol. The first-order chi connectivity index (χ1) is 9.57. The Hall–Kier alpha value is -0.321. The molecule has 0 unspecified atom stereocenters. The maximum absolute atomic E-state index is 12.2. The van der Waals surface area contributed by atoms with E-state index >= 15 is 0 Å². The Bertz CT molecular complexity index is 469. The van der Waals surface area contributed by atoms with Gasteiger partial charge in [-0.15, -0.1) is 0 Å². The zero-order valence-corrected chi connectivity index (χ0v) is 16.2. The van der Waals surface area contributed by atoms with E-state index in [1.807, 2.05) is 6.92 Å². The van der Waals surface area contributed by atoms with Crippen molar-refractivity contribution < 1.29 is 4.74 Å². The molecule has 20 heavy (non-hydrogen) atoms. The van der Waals surface area contributed by atoms with Crippen molar-refractivity contribution in [3.63, 3.8) is 0 Å². The topological polar surface area (TPSA) is 43.4 Å². The molecule has 1 aromatic carbocycles. The van der Waals surface area contributed by atoms with Crippen LogP contribution in [0.15, 0.2) is 9.59 Å². The third-order valence-electron chi connectivity index (χ3n) is 4.03. The number of hydrogen-bond acceptors (Lipinski definition) is 3. The molecular weight excluding hydrogens is 359 g/mol. The van der Waals surface area contributed by atoms with Crippen LogP contribution in [0.25, 0.3) is 0 Å². The molecule has 0 aliphatic rings. The van der Waals surface area contributed by atoms with Crippen molar-refractivity contribution in [2.24, 2.45) is 0 Å². The molecule has 0 aliphatic carbocycles. The summed E-state index contributed by atoms with van der Waals surface area (Å²) in [6, 6.07) is 0. The summed E-state index contributed by atoms with van der Waals surface area (Å²) in [6.07, 6.45) is 4.21. The summed E-state index contributed by atoms with van der Waals surface area (Å²) in [7, 11) is 0. The summed E-state index contributed by atoms with van der Waals surface area (Å²) >= 11 is -2.72. The molecular formula is C16H28O3Sn. The average Bonchev–Trinajstić information content (AvgIpc) is 2.43.